The third-order valence-corrected chi connectivity index (χ3v) is 2.69. The summed E-state index contributed by atoms with van der Waals surface area (Å²) in [7, 11) is 0. The van der Waals surface area contributed by atoms with Crippen molar-refractivity contribution in [1.82, 2.24) is 14.6 Å². The molecule has 5 nitrogen and oxygen atoms in total. The van der Waals surface area contributed by atoms with Crippen molar-refractivity contribution in [2.75, 3.05) is 0 Å². The normalized spacial score (nSPS) is 10.7. The monoisotopic (exact) mass is 239 g/mol. The lowest BCUT2D eigenvalue weighted by atomic mass is 10.1. The number of nitrogens with zero attached hydrogens (tertiary/aromatic N) is 3. The molecule has 18 heavy (non-hydrogen) atoms. The second kappa shape index (κ2) is 3.96. The van der Waals surface area contributed by atoms with Crippen molar-refractivity contribution < 1.29 is 9.90 Å². The van der Waals surface area contributed by atoms with Crippen LogP contribution in [0.3, 0.4) is 0 Å². The van der Waals surface area contributed by atoms with Crippen molar-refractivity contribution in [3.8, 4) is 11.1 Å². The van der Waals surface area contributed by atoms with E-state index in [9.17, 15) is 4.79 Å². The number of fused-ring (bicyclic) bond motifs is 1. The van der Waals surface area contributed by atoms with Crippen LogP contribution in [0.25, 0.3) is 16.8 Å². The van der Waals surface area contributed by atoms with Gasteiger partial charge in [0, 0.05) is 18.0 Å². The van der Waals surface area contributed by atoms with Gasteiger partial charge in [-0.2, -0.15) is 5.10 Å². The van der Waals surface area contributed by atoms with E-state index in [2.05, 4.69) is 10.1 Å². The molecular formula is C13H9N3O2. The van der Waals surface area contributed by atoms with Crippen molar-refractivity contribution >= 4 is 11.6 Å². The fraction of sp³-hybridized carbons (Fsp3) is 0. The molecule has 88 valence electrons. The molecule has 0 spiro atoms. The minimum atomic E-state index is -1.02. The molecule has 0 saturated carbocycles. The molecule has 0 bridgehead atoms. The third-order valence-electron chi connectivity index (χ3n) is 2.69. The van der Waals surface area contributed by atoms with Gasteiger partial charge in [-0.15, -0.1) is 0 Å². The van der Waals surface area contributed by atoms with Crippen molar-refractivity contribution in [3.05, 3.63) is 54.5 Å². The minimum absolute atomic E-state index is 0.106. The SMILES string of the molecule is O=C(O)c1cnn2cc(-c3ccccc3)cnc12. The number of aromatic nitrogens is 3. The van der Waals surface area contributed by atoms with E-state index in [1.165, 1.54) is 10.7 Å². The second-order valence-electron chi connectivity index (χ2n) is 3.84. The maximum absolute atomic E-state index is 10.9. The van der Waals surface area contributed by atoms with Crippen LogP contribution in [0.1, 0.15) is 10.4 Å². The van der Waals surface area contributed by atoms with Gasteiger partial charge >= 0.3 is 5.97 Å². The Morgan fingerprint density at radius 3 is 2.61 bits per heavy atom. The highest BCUT2D eigenvalue weighted by Crippen LogP contribution is 2.18. The number of benzene rings is 1. The van der Waals surface area contributed by atoms with E-state index >= 15 is 0 Å². The van der Waals surface area contributed by atoms with E-state index in [1.54, 1.807) is 12.4 Å². The van der Waals surface area contributed by atoms with Crippen LogP contribution < -0.4 is 0 Å². The lowest BCUT2D eigenvalue weighted by Gasteiger charge is -2.01. The molecule has 1 aromatic carbocycles. The van der Waals surface area contributed by atoms with Gasteiger partial charge in [-0.25, -0.2) is 14.3 Å². The highest BCUT2D eigenvalue weighted by Gasteiger charge is 2.12. The zero-order valence-corrected chi connectivity index (χ0v) is 9.32. The van der Waals surface area contributed by atoms with Crippen LogP contribution in [0.4, 0.5) is 0 Å². The summed E-state index contributed by atoms with van der Waals surface area (Å²) < 4.78 is 1.48. The second-order valence-corrected chi connectivity index (χ2v) is 3.84. The number of hydrogen-bond donors (Lipinski definition) is 1. The predicted octanol–water partition coefficient (Wildman–Crippen LogP) is 2.09. The van der Waals surface area contributed by atoms with E-state index in [1.807, 2.05) is 30.3 Å². The van der Waals surface area contributed by atoms with Gasteiger partial charge in [0.1, 0.15) is 5.56 Å². The first-order valence-corrected chi connectivity index (χ1v) is 5.38. The zero-order valence-electron chi connectivity index (χ0n) is 9.32. The summed E-state index contributed by atoms with van der Waals surface area (Å²) in [4.78, 5) is 15.1. The fourth-order valence-electron chi connectivity index (χ4n) is 1.81. The average Bonchev–Trinajstić information content (AvgIpc) is 2.82. The number of aromatic carboxylic acids is 1. The largest absolute Gasteiger partial charge is 0.477 e. The number of hydrogen-bond acceptors (Lipinski definition) is 3. The first-order chi connectivity index (χ1) is 8.75. The maximum atomic E-state index is 10.9. The van der Waals surface area contributed by atoms with Crippen LogP contribution in [0.15, 0.2) is 48.9 Å². The van der Waals surface area contributed by atoms with Gasteiger partial charge in [0.25, 0.3) is 0 Å². The standard InChI is InChI=1S/C13H9N3O2/c17-13(18)11-7-15-16-8-10(6-14-12(11)16)9-4-2-1-3-5-9/h1-8H,(H,17,18). The average molecular weight is 239 g/mol. The lowest BCUT2D eigenvalue weighted by molar-refractivity contribution is 0.0699. The number of carboxylic acids is 1. The topological polar surface area (TPSA) is 67.5 Å². The highest BCUT2D eigenvalue weighted by atomic mass is 16.4. The van der Waals surface area contributed by atoms with E-state index in [4.69, 9.17) is 5.11 Å². The summed E-state index contributed by atoms with van der Waals surface area (Å²) >= 11 is 0. The molecule has 1 N–H and O–H groups in total. The summed E-state index contributed by atoms with van der Waals surface area (Å²) in [5.74, 6) is -1.02. The molecule has 0 atom stereocenters. The van der Waals surface area contributed by atoms with Crippen LogP contribution in [-0.2, 0) is 0 Å². The van der Waals surface area contributed by atoms with Crippen LogP contribution in [0.5, 0.6) is 0 Å². The van der Waals surface area contributed by atoms with E-state index in [-0.39, 0.29) is 5.56 Å². The Kier molecular flexibility index (Phi) is 2.30. The Bertz CT molecular complexity index is 719. The Morgan fingerprint density at radius 1 is 1.11 bits per heavy atom. The molecule has 2 heterocycles. The molecule has 0 saturated heterocycles. The molecule has 0 amide bonds. The van der Waals surface area contributed by atoms with Crippen molar-refractivity contribution in [3.63, 3.8) is 0 Å². The van der Waals surface area contributed by atoms with Gasteiger partial charge in [0.15, 0.2) is 5.65 Å². The summed E-state index contributed by atoms with van der Waals surface area (Å²) in [6.45, 7) is 0. The fourth-order valence-corrected chi connectivity index (χ4v) is 1.81. The molecular weight excluding hydrogens is 230 g/mol. The lowest BCUT2D eigenvalue weighted by Crippen LogP contribution is -1.97. The van der Waals surface area contributed by atoms with Gasteiger partial charge in [-0.3, -0.25) is 0 Å². The molecule has 0 aliphatic heterocycles. The zero-order chi connectivity index (χ0) is 12.5. The molecule has 5 heteroatoms. The van der Waals surface area contributed by atoms with Gasteiger partial charge in [0.05, 0.1) is 6.20 Å². The van der Waals surface area contributed by atoms with Gasteiger partial charge in [0.2, 0.25) is 0 Å². The highest BCUT2D eigenvalue weighted by molar-refractivity contribution is 5.94. The molecule has 0 aliphatic carbocycles. The number of rotatable bonds is 2. The molecule has 0 aliphatic rings. The van der Waals surface area contributed by atoms with Crippen molar-refractivity contribution in [2.45, 2.75) is 0 Å². The van der Waals surface area contributed by atoms with Gasteiger partial charge in [-0.1, -0.05) is 30.3 Å². The summed E-state index contributed by atoms with van der Waals surface area (Å²) in [6, 6.07) is 9.73. The van der Waals surface area contributed by atoms with Crippen LogP contribution in [0.2, 0.25) is 0 Å². The maximum Gasteiger partial charge on any atom is 0.341 e. The number of carboxylic acid groups (broad SMARTS) is 1. The van der Waals surface area contributed by atoms with Crippen LogP contribution in [0, 0.1) is 0 Å². The van der Waals surface area contributed by atoms with E-state index in [0.29, 0.717) is 5.65 Å². The van der Waals surface area contributed by atoms with Crippen LogP contribution in [-0.4, -0.2) is 25.7 Å². The molecule has 0 unspecified atom stereocenters. The Hall–Kier alpha value is -2.69. The first-order valence-electron chi connectivity index (χ1n) is 5.38. The third kappa shape index (κ3) is 1.62. The van der Waals surface area contributed by atoms with E-state index < -0.39 is 5.97 Å². The Balaban J connectivity index is 2.16. The summed E-state index contributed by atoms with van der Waals surface area (Å²) in [6.07, 6.45) is 4.72. The summed E-state index contributed by atoms with van der Waals surface area (Å²) in [5, 5.41) is 13.0. The number of carbonyl (C=O) groups is 1. The van der Waals surface area contributed by atoms with Gasteiger partial charge in [-0.05, 0) is 5.56 Å². The molecule has 0 radical (unpaired) electrons. The first kappa shape index (κ1) is 10.5. The van der Waals surface area contributed by atoms with Gasteiger partial charge < -0.3 is 5.11 Å². The molecule has 3 rings (SSSR count). The molecule has 2 aromatic heterocycles. The predicted molar refractivity (Wildman–Crippen MR) is 65.4 cm³/mol. The van der Waals surface area contributed by atoms with E-state index in [0.717, 1.165) is 11.1 Å². The molecule has 0 fully saturated rings. The quantitative estimate of drug-likeness (QED) is 0.743. The molecule has 3 aromatic rings. The Labute approximate surface area is 102 Å². The summed E-state index contributed by atoms with van der Waals surface area (Å²) in [5.41, 5.74) is 2.36. The smallest absolute Gasteiger partial charge is 0.341 e. The Morgan fingerprint density at radius 2 is 1.89 bits per heavy atom. The minimum Gasteiger partial charge on any atom is -0.477 e. The van der Waals surface area contributed by atoms with Crippen molar-refractivity contribution in [2.24, 2.45) is 0 Å². The van der Waals surface area contributed by atoms with Crippen LogP contribution >= 0.6 is 0 Å². The van der Waals surface area contributed by atoms with Crippen molar-refractivity contribution in [1.29, 1.82) is 0 Å².